The lowest BCUT2D eigenvalue weighted by atomic mass is 9.87. The average Bonchev–Trinajstić information content (AvgIpc) is 2.66. The Balaban J connectivity index is 1.77. The van der Waals surface area contributed by atoms with Crippen LogP contribution in [0, 0.1) is 0 Å². The van der Waals surface area contributed by atoms with E-state index in [-0.39, 0.29) is 0 Å². The van der Waals surface area contributed by atoms with Crippen LogP contribution in [0.25, 0.3) is 0 Å². The third-order valence-corrected chi connectivity index (χ3v) is 5.40. The number of hydrogen-bond donors (Lipinski definition) is 0. The van der Waals surface area contributed by atoms with Crippen LogP contribution in [0.15, 0.2) is 54.6 Å². The first-order chi connectivity index (χ1) is 11.8. The maximum absolute atomic E-state index is 2.65. The summed E-state index contributed by atoms with van der Waals surface area (Å²) in [6.07, 6.45) is 3.63. The van der Waals surface area contributed by atoms with Gasteiger partial charge in [-0.2, -0.15) is 0 Å². The maximum atomic E-state index is 2.65. The van der Waals surface area contributed by atoms with Crippen molar-refractivity contribution in [1.29, 1.82) is 0 Å². The van der Waals surface area contributed by atoms with E-state index >= 15 is 0 Å². The Hall–Kier alpha value is -1.80. The first-order valence-electron chi connectivity index (χ1n) is 9.42. The SMILES string of the molecule is CCN(CC)CCN(c1ccccc1)C1CCc2ccccc2C1. The molecule has 2 nitrogen and oxygen atoms in total. The normalized spacial score (nSPS) is 16.9. The molecule has 0 spiro atoms. The zero-order valence-electron chi connectivity index (χ0n) is 15.1. The van der Waals surface area contributed by atoms with Crippen LogP contribution >= 0.6 is 0 Å². The molecule has 2 aromatic carbocycles. The summed E-state index contributed by atoms with van der Waals surface area (Å²) in [4.78, 5) is 5.17. The molecule has 0 saturated heterocycles. The smallest absolute Gasteiger partial charge is 0.0369 e. The standard InChI is InChI=1S/C22H30N2/c1-3-23(4-2)16-17-24(21-12-6-5-7-13-21)22-15-14-19-10-8-9-11-20(19)18-22/h5-13,22H,3-4,14-18H2,1-2H3. The van der Waals surface area contributed by atoms with Crippen molar-refractivity contribution in [2.75, 3.05) is 31.1 Å². The van der Waals surface area contributed by atoms with Crippen LogP contribution in [0.2, 0.25) is 0 Å². The number of hydrogen-bond acceptors (Lipinski definition) is 2. The maximum Gasteiger partial charge on any atom is 0.0369 e. The van der Waals surface area contributed by atoms with Crippen molar-refractivity contribution < 1.29 is 0 Å². The van der Waals surface area contributed by atoms with E-state index in [9.17, 15) is 0 Å². The fourth-order valence-electron chi connectivity index (χ4n) is 3.88. The van der Waals surface area contributed by atoms with E-state index in [2.05, 4.69) is 78.2 Å². The zero-order chi connectivity index (χ0) is 16.8. The molecule has 128 valence electrons. The Morgan fingerprint density at radius 3 is 2.21 bits per heavy atom. The Bertz CT molecular complexity index is 619. The number of nitrogens with zero attached hydrogens (tertiary/aromatic N) is 2. The topological polar surface area (TPSA) is 6.48 Å². The van der Waals surface area contributed by atoms with Crippen molar-refractivity contribution in [1.82, 2.24) is 4.90 Å². The minimum Gasteiger partial charge on any atom is -0.367 e. The molecular formula is C22H30N2. The molecule has 1 atom stereocenters. The van der Waals surface area contributed by atoms with Crippen LogP contribution in [0.4, 0.5) is 5.69 Å². The summed E-state index contributed by atoms with van der Waals surface area (Å²) < 4.78 is 0. The zero-order valence-corrected chi connectivity index (χ0v) is 15.1. The molecule has 3 rings (SSSR count). The Morgan fingerprint density at radius 1 is 0.833 bits per heavy atom. The van der Waals surface area contributed by atoms with E-state index in [0.717, 1.165) is 26.2 Å². The number of fused-ring (bicyclic) bond motifs is 1. The number of rotatable bonds is 7. The second-order valence-corrected chi connectivity index (χ2v) is 6.72. The highest BCUT2D eigenvalue weighted by Crippen LogP contribution is 2.27. The van der Waals surface area contributed by atoms with Gasteiger partial charge in [0.2, 0.25) is 0 Å². The average molecular weight is 322 g/mol. The van der Waals surface area contributed by atoms with Gasteiger partial charge >= 0.3 is 0 Å². The lowest BCUT2D eigenvalue weighted by Gasteiger charge is -2.38. The predicted octanol–water partition coefficient (Wildman–Crippen LogP) is 4.39. The van der Waals surface area contributed by atoms with Crippen molar-refractivity contribution in [2.45, 2.75) is 39.2 Å². The highest BCUT2D eigenvalue weighted by molar-refractivity contribution is 5.48. The van der Waals surface area contributed by atoms with Crippen molar-refractivity contribution >= 4 is 5.69 Å². The van der Waals surface area contributed by atoms with Gasteiger partial charge in [-0.25, -0.2) is 0 Å². The van der Waals surface area contributed by atoms with E-state index in [0.29, 0.717) is 6.04 Å². The Labute approximate surface area is 147 Å². The number of anilines is 1. The minimum atomic E-state index is 0.609. The van der Waals surface area contributed by atoms with Crippen molar-refractivity contribution in [3.05, 3.63) is 65.7 Å². The molecule has 0 amide bonds. The molecule has 0 aliphatic heterocycles. The van der Waals surface area contributed by atoms with Crippen LogP contribution in [-0.4, -0.2) is 37.1 Å². The van der Waals surface area contributed by atoms with Gasteiger partial charge in [-0.15, -0.1) is 0 Å². The third kappa shape index (κ3) is 3.99. The molecule has 0 bridgehead atoms. The highest BCUT2D eigenvalue weighted by atomic mass is 15.2. The quantitative estimate of drug-likeness (QED) is 0.746. The first kappa shape index (κ1) is 17.0. The van der Waals surface area contributed by atoms with Gasteiger partial charge in [-0.3, -0.25) is 0 Å². The molecule has 24 heavy (non-hydrogen) atoms. The molecule has 0 heterocycles. The van der Waals surface area contributed by atoms with Crippen molar-refractivity contribution in [2.24, 2.45) is 0 Å². The van der Waals surface area contributed by atoms with Gasteiger partial charge in [-0.1, -0.05) is 56.3 Å². The largest absolute Gasteiger partial charge is 0.367 e. The number of likely N-dealkylation sites (N-methyl/N-ethyl adjacent to an activating group) is 1. The van der Waals surface area contributed by atoms with Crippen LogP contribution in [0.3, 0.4) is 0 Å². The van der Waals surface area contributed by atoms with Crippen molar-refractivity contribution in [3.63, 3.8) is 0 Å². The molecule has 0 saturated carbocycles. The van der Waals surface area contributed by atoms with Gasteiger partial charge in [0.15, 0.2) is 0 Å². The summed E-state index contributed by atoms with van der Waals surface area (Å²) in [5.74, 6) is 0. The molecule has 0 fully saturated rings. The molecule has 1 unspecified atom stereocenters. The second-order valence-electron chi connectivity index (χ2n) is 6.72. The number of aryl methyl sites for hydroxylation is 1. The summed E-state index contributed by atoms with van der Waals surface area (Å²) in [7, 11) is 0. The minimum absolute atomic E-state index is 0.609. The molecule has 0 radical (unpaired) electrons. The van der Waals surface area contributed by atoms with Crippen molar-refractivity contribution in [3.8, 4) is 0 Å². The van der Waals surface area contributed by atoms with E-state index in [1.807, 2.05) is 0 Å². The van der Waals surface area contributed by atoms with Gasteiger partial charge in [0, 0.05) is 24.8 Å². The Kier molecular flexibility index (Phi) is 5.92. The van der Waals surface area contributed by atoms with Gasteiger partial charge < -0.3 is 9.80 Å². The molecule has 0 N–H and O–H groups in total. The molecule has 0 aromatic heterocycles. The van der Waals surface area contributed by atoms with Gasteiger partial charge in [0.05, 0.1) is 0 Å². The van der Waals surface area contributed by atoms with Crippen LogP contribution < -0.4 is 4.90 Å². The molecule has 1 aliphatic rings. The van der Waals surface area contributed by atoms with Gasteiger partial charge in [-0.05, 0) is 55.6 Å². The van der Waals surface area contributed by atoms with Crippen LogP contribution in [0.1, 0.15) is 31.4 Å². The lowest BCUT2D eigenvalue weighted by molar-refractivity contribution is 0.304. The number of benzene rings is 2. The fourth-order valence-corrected chi connectivity index (χ4v) is 3.88. The van der Waals surface area contributed by atoms with Gasteiger partial charge in [0.25, 0.3) is 0 Å². The summed E-state index contributed by atoms with van der Waals surface area (Å²) in [5, 5.41) is 0. The first-order valence-corrected chi connectivity index (χ1v) is 9.42. The van der Waals surface area contributed by atoms with Gasteiger partial charge in [0.1, 0.15) is 0 Å². The van der Waals surface area contributed by atoms with Crippen LogP contribution in [0.5, 0.6) is 0 Å². The highest BCUT2D eigenvalue weighted by Gasteiger charge is 2.24. The monoisotopic (exact) mass is 322 g/mol. The molecular weight excluding hydrogens is 292 g/mol. The summed E-state index contributed by atoms with van der Waals surface area (Å²) in [5.41, 5.74) is 4.46. The summed E-state index contributed by atoms with van der Waals surface area (Å²) >= 11 is 0. The van der Waals surface area contributed by atoms with Crippen LogP contribution in [-0.2, 0) is 12.8 Å². The van der Waals surface area contributed by atoms with E-state index < -0.39 is 0 Å². The Morgan fingerprint density at radius 2 is 1.50 bits per heavy atom. The summed E-state index contributed by atoms with van der Waals surface area (Å²) in [6.45, 7) is 9.03. The van der Waals surface area contributed by atoms with E-state index in [1.54, 1.807) is 5.56 Å². The van der Waals surface area contributed by atoms with E-state index in [1.165, 1.54) is 30.5 Å². The molecule has 2 heteroatoms. The summed E-state index contributed by atoms with van der Waals surface area (Å²) in [6, 6.07) is 20.6. The van der Waals surface area contributed by atoms with E-state index in [4.69, 9.17) is 0 Å². The lowest BCUT2D eigenvalue weighted by Crippen LogP contribution is -2.44. The molecule has 2 aromatic rings. The third-order valence-electron chi connectivity index (χ3n) is 5.40. The number of para-hydroxylation sites is 1. The second kappa shape index (κ2) is 8.34. The molecule has 1 aliphatic carbocycles. The fraction of sp³-hybridized carbons (Fsp3) is 0.455. The predicted molar refractivity (Wildman–Crippen MR) is 104 cm³/mol.